The van der Waals surface area contributed by atoms with Crippen LogP contribution in [-0.4, -0.2) is 67.6 Å². The van der Waals surface area contributed by atoms with Gasteiger partial charge < -0.3 is 28.5 Å². The van der Waals surface area contributed by atoms with Gasteiger partial charge in [-0.3, -0.25) is 4.79 Å². The largest absolute Gasteiger partial charge is 0.454 e. The zero-order valence-corrected chi connectivity index (χ0v) is 19.9. The van der Waals surface area contributed by atoms with E-state index in [1.807, 2.05) is 42.1 Å². The lowest BCUT2D eigenvalue weighted by Crippen LogP contribution is -2.36. The number of hydrogen-bond donors (Lipinski definition) is 0. The van der Waals surface area contributed by atoms with Gasteiger partial charge in [0.25, 0.3) is 5.91 Å². The number of rotatable bonds is 8. The summed E-state index contributed by atoms with van der Waals surface area (Å²) in [5.74, 6) is 3.92. The zero-order chi connectivity index (χ0) is 23.3. The highest BCUT2D eigenvalue weighted by molar-refractivity contribution is 7.99. The SMILES string of the molecule is COCCN(Cc1c(-c2ccccc2)noc1N1CCSCC1)C(=O)c1ccc2c(c1)OCO2. The molecule has 2 aliphatic heterocycles. The lowest BCUT2D eigenvalue weighted by atomic mass is 10.1. The van der Waals surface area contributed by atoms with Crippen LogP contribution >= 0.6 is 11.8 Å². The molecule has 0 N–H and O–H groups in total. The number of carbonyl (C=O) groups is 1. The second-order valence-corrected chi connectivity index (χ2v) is 9.29. The Morgan fingerprint density at radius 2 is 1.91 bits per heavy atom. The number of thioether (sulfide) groups is 1. The number of anilines is 1. The summed E-state index contributed by atoms with van der Waals surface area (Å²) in [5.41, 5.74) is 3.16. The summed E-state index contributed by atoms with van der Waals surface area (Å²) >= 11 is 1.93. The molecule has 5 rings (SSSR count). The van der Waals surface area contributed by atoms with Crippen LogP contribution in [0.4, 0.5) is 5.88 Å². The highest BCUT2D eigenvalue weighted by atomic mass is 32.2. The van der Waals surface area contributed by atoms with Gasteiger partial charge in [0.1, 0.15) is 5.69 Å². The molecule has 2 aliphatic rings. The number of aromatic nitrogens is 1. The van der Waals surface area contributed by atoms with Gasteiger partial charge in [0.15, 0.2) is 11.5 Å². The van der Waals surface area contributed by atoms with Crippen molar-refractivity contribution >= 4 is 23.6 Å². The van der Waals surface area contributed by atoms with Crippen molar-refractivity contribution in [2.75, 3.05) is 56.5 Å². The first-order valence-corrected chi connectivity index (χ1v) is 12.4. The van der Waals surface area contributed by atoms with Crippen LogP contribution in [0.3, 0.4) is 0 Å². The molecule has 178 valence electrons. The van der Waals surface area contributed by atoms with E-state index in [2.05, 4.69) is 10.1 Å². The van der Waals surface area contributed by atoms with Crippen LogP contribution in [0.15, 0.2) is 53.1 Å². The molecule has 0 aliphatic carbocycles. The van der Waals surface area contributed by atoms with Crippen molar-refractivity contribution in [2.24, 2.45) is 0 Å². The fraction of sp³-hybridized carbons (Fsp3) is 0.360. The molecular weight excluding hydrogens is 454 g/mol. The molecule has 34 heavy (non-hydrogen) atoms. The van der Waals surface area contributed by atoms with Crippen molar-refractivity contribution in [3.8, 4) is 22.8 Å². The van der Waals surface area contributed by atoms with Crippen LogP contribution < -0.4 is 14.4 Å². The number of ether oxygens (including phenoxy) is 3. The third-order valence-corrected chi connectivity index (χ3v) is 6.88. The maximum Gasteiger partial charge on any atom is 0.254 e. The minimum atomic E-state index is -0.115. The highest BCUT2D eigenvalue weighted by Crippen LogP contribution is 2.35. The number of fused-ring (bicyclic) bond motifs is 1. The molecule has 0 radical (unpaired) electrons. The summed E-state index contributed by atoms with van der Waals surface area (Å²) in [6.07, 6.45) is 0. The van der Waals surface area contributed by atoms with Crippen LogP contribution in [0.2, 0.25) is 0 Å². The summed E-state index contributed by atoms with van der Waals surface area (Å²) < 4.78 is 22.1. The Labute approximate surface area is 202 Å². The molecule has 0 bridgehead atoms. The van der Waals surface area contributed by atoms with Crippen LogP contribution in [0.1, 0.15) is 15.9 Å². The van der Waals surface area contributed by atoms with Crippen LogP contribution in [-0.2, 0) is 11.3 Å². The van der Waals surface area contributed by atoms with Gasteiger partial charge in [-0.1, -0.05) is 35.5 Å². The predicted octanol–water partition coefficient (Wildman–Crippen LogP) is 3.91. The van der Waals surface area contributed by atoms with Gasteiger partial charge in [0.05, 0.1) is 18.7 Å². The van der Waals surface area contributed by atoms with Gasteiger partial charge in [-0.05, 0) is 18.2 Å². The van der Waals surface area contributed by atoms with Crippen LogP contribution in [0.25, 0.3) is 11.3 Å². The average molecular weight is 482 g/mol. The van der Waals surface area contributed by atoms with Crippen LogP contribution in [0.5, 0.6) is 11.5 Å². The Balaban J connectivity index is 1.49. The molecule has 9 heteroatoms. The third-order valence-electron chi connectivity index (χ3n) is 5.93. The molecule has 1 fully saturated rings. The Hall–Kier alpha value is -3.17. The average Bonchev–Trinajstić information content (AvgIpc) is 3.53. The molecular formula is C25H27N3O5S. The van der Waals surface area contributed by atoms with E-state index in [0.29, 0.717) is 36.8 Å². The zero-order valence-electron chi connectivity index (χ0n) is 19.1. The van der Waals surface area contributed by atoms with E-state index >= 15 is 0 Å². The fourth-order valence-corrected chi connectivity index (χ4v) is 5.04. The normalized spacial score (nSPS) is 14.9. The van der Waals surface area contributed by atoms with E-state index in [4.69, 9.17) is 18.7 Å². The first-order chi connectivity index (χ1) is 16.7. The molecule has 0 unspecified atom stereocenters. The topological polar surface area (TPSA) is 77.3 Å². The van der Waals surface area contributed by atoms with E-state index in [-0.39, 0.29) is 12.7 Å². The van der Waals surface area contributed by atoms with Crippen LogP contribution in [0, 0.1) is 0 Å². The minimum Gasteiger partial charge on any atom is -0.454 e. The molecule has 1 amide bonds. The van der Waals surface area contributed by atoms with Crippen molar-refractivity contribution < 1.29 is 23.5 Å². The molecule has 1 aromatic heterocycles. The number of nitrogens with zero attached hydrogens (tertiary/aromatic N) is 3. The van der Waals surface area contributed by atoms with Gasteiger partial charge in [-0.15, -0.1) is 0 Å². The lowest BCUT2D eigenvalue weighted by molar-refractivity contribution is 0.0680. The van der Waals surface area contributed by atoms with Crippen molar-refractivity contribution in [3.05, 3.63) is 59.7 Å². The quantitative estimate of drug-likeness (QED) is 0.479. The number of carbonyl (C=O) groups excluding carboxylic acids is 1. The Morgan fingerprint density at radius 1 is 1.12 bits per heavy atom. The molecule has 3 aromatic rings. The second kappa shape index (κ2) is 10.4. The molecule has 1 saturated heterocycles. The summed E-state index contributed by atoms with van der Waals surface area (Å²) in [7, 11) is 1.63. The second-order valence-electron chi connectivity index (χ2n) is 8.07. The first-order valence-electron chi connectivity index (χ1n) is 11.3. The van der Waals surface area contributed by atoms with Gasteiger partial charge in [-0.25, -0.2) is 0 Å². The number of benzene rings is 2. The maximum absolute atomic E-state index is 13.6. The van der Waals surface area contributed by atoms with Gasteiger partial charge in [0, 0.05) is 49.4 Å². The van der Waals surface area contributed by atoms with E-state index in [1.54, 1.807) is 30.2 Å². The van der Waals surface area contributed by atoms with Gasteiger partial charge in [-0.2, -0.15) is 11.8 Å². The van der Waals surface area contributed by atoms with Gasteiger partial charge >= 0.3 is 0 Å². The first kappa shape index (κ1) is 22.6. The maximum atomic E-state index is 13.6. The molecule has 0 saturated carbocycles. The molecule has 2 aromatic carbocycles. The van der Waals surface area contributed by atoms with Crippen molar-refractivity contribution in [1.29, 1.82) is 0 Å². The standard InChI is InChI=1S/C25H27N3O5S/c1-30-12-9-28(24(29)19-7-8-21-22(15-19)32-17-31-21)16-20-23(18-5-3-2-4-6-18)26-33-25(20)27-10-13-34-14-11-27/h2-8,15H,9-14,16-17H2,1H3. The van der Waals surface area contributed by atoms with E-state index < -0.39 is 0 Å². The lowest BCUT2D eigenvalue weighted by Gasteiger charge is -2.28. The highest BCUT2D eigenvalue weighted by Gasteiger charge is 2.28. The monoisotopic (exact) mass is 481 g/mol. The summed E-state index contributed by atoms with van der Waals surface area (Å²) in [6.45, 7) is 3.13. The minimum absolute atomic E-state index is 0.115. The summed E-state index contributed by atoms with van der Waals surface area (Å²) in [4.78, 5) is 17.6. The Bertz CT molecular complexity index is 1130. The third kappa shape index (κ3) is 4.71. The van der Waals surface area contributed by atoms with Crippen molar-refractivity contribution in [3.63, 3.8) is 0 Å². The number of methoxy groups -OCH3 is 1. The van der Waals surface area contributed by atoms with E-state index in [0.717, 1.165) is 47.3 Å². The Kier molecular flexibility index (Phi) is 6.92. The molecule has 0 spiro atoms. The number of amides is 1. The predicted molar refractivity (Wildman–Crippen MR) is 131 cm³/mol. The summed E-state index contributed by atoms with van der Waals surface area (Å²) in [5, 5.41) is 4.45. The van der Waals surface area contributed by atoms with Crippen molar-refractivity contribution in [1.82, 2.24) is 10.1 Å². The molecule has 8 nitrogen and oxygen atoms in total. The van der Waals surface area contributed by atoms with E-state index in [9.17, 15) is 4.79 Å². The number of hydrogen-bond acceptors (Lipinski definition) is 8. The molecule has 0 atom stereocenters. The van der Waals surface area contributed by atoms with Gasteiger partial charge in [0.2, 0.25) is 12.7 Å². The molecule has 3 heterocycles. The van der Waals surface area contributed by atoms with Crippen molar-refractivity contribution in [2.45, 2.75) is 6.54 Å². The summed E-state index contributed by atoms with van der Waals surface area (Å²) in [6, 6.07) is 15.2. The fourth-order valence-electron chi connectivity index (χ4n) is 4.14. The smallest absolute Gasteiger partial charge is 0.254 e. The Morgan fingerprint density at radius 3 is 2.71 bits per heavy atom. The van der Waals surface area contributed by atoms with E-state index in [1.165, 1.54) is 0 Å².